The highest BCUT2D eigenvalue weighted by atomic mass is 19.4. The molecule has 1 spiro atoms. The van der Waals surface area contributed by atoms with Gasteiger partial charge in [0.1, 0.15) is 6.61 Å². The Hall–Kier alpha value is -2.24. The molecule has 0 saturated carbocycles. The van der Waals surface area contributed by atoms with Gasteiger partial charge in [-0.05, 0) is 25.0 Å². The Balaban J connectivity index is 0.000000423. The number of amides is 1. The first-order chi connectivity index (χ1) is 14.5. The van der Waals surface area contributed by atoms with Crippen LogP contribution in [0, 0.1) is 0 Å². The van der Waals surface area contributed by atoms with Crippen LogP contribution in [0.5, 0.6) is 0 Å². The highest BCUT2D eigenvalue weighted by Gasteiger charge is 2.43. The first kappa shape index (κ1) is 25.0. The summed E-state index contributed by atoms with van der Waals surface area (Å²) in [6.45, 7) is 3.66. The van der Waals surface area contributed by atoms with Crippen LogP contribution in [0.3, 0.4) is 0 Å². The Bertz CT molecular complexity index is 723. The Morgan fingerprint density at radius 2 is 1.97 bits per heavy atom. The lowest BCUT2D eigenvalue weighted by Crippen LogP contribution is -2.44. The molecule has 0 aromatic carbocycles. The molecule has 1 aromatic heterocycles. The number of pyridine rings is 1. The van der Waals surface area contributed by atoms with Gasteiger partial charge in [-0.15, -0.1) is 0 Å². The van der Waals surface area contributed by atoms with E-state index in [0.717, 1.165) is 44.6 Å². The van der Waals surface area contributed by atoms with Crippen LogP contribution in [0.4, 0.5) is 13.2 Å². The highest BCUT2D eigenvalue weighted by molar-refractivity contribution is 5.76. The van der Waals surface area contributed by atoms with Gasteiger partial charge in [0.15, 0.2) is 0 Å². The normalized spacial score (nSPS) is 20.7. The van der Waals surface area contributed by atoms with Crippen LogP contribution in [0.2, 0.25) is 0 Å². The third-order valence-electron chi connectivity index (χ3n) is 5.24. The van der Waals surface area contributed by atoms with Crippen molar-refractivity contribution in [1.82, 2.24) is 14.8 Å². The van der Waals surface area contributed by atoms with Crippen LogP contribution >= 0.6 is 0 Å². The van der Waals surface area contributed by atoms with Gasteiger partial charge in [0.25, 0.3) is 0 Å². The summed E-state index contributed by atoms with van der Waals surface area (Å²) in [4.78, 5) is 28.9. The van der Waals surface area contributed by atoms with Gasteiger partial charge in [0, 0.05) is 46.3 Å². The van der Waals surface area contributed by atoms with Gasteiger partial charge in [0.05, 0.1) is 24.0 Å². The van der Waals surface area contributed by atoms with Crippen molar-refractivity contribution in [2.75, 3.05) is 40.4 Å². The Morgan fingerprint density at radius 3 is 2.48 bits per heavy atom. The van der Waals surface area contributed by atoms with Gasteiger partial charge in [-0.2, -0.15) is 13.2 Å². The molecule has 1 amide bonds. The summed E-state index contributed by atoms with van der Waals surface area (Å²) < 4.78 is 43.6. The maximum absolute atomic E-state index is 11.6. The number of rotatable bonds is 5. The lowest BCUT2D eigenvalue weighted by molar-refractivity contribution is -0.192. The lowest BCUT2D eigenvalue weighted by Gasteiger charge is -2.38. The Morgan fingerprint density at radius 1 is 1.32 bits per heavy atom. The van der Waals surface area contributed by atoms with E-state index in [4.69, 9.17) is 19.4 Å². The molecule has 2 aliphatic rings. The van der Waals surface area contributed by atoms with Crippen molar-refractivity contribution in [3.05, 3.63) is 30.1 Å². The molecule has 174 valence electrons. The van der Waals surface area contributed by atoms with Gasteiger partial charge in [0.2, 0.25) is 5.91 Å². The molecule has 0 bridgehead atoms. The fourth-order valence-corrected chi connectivity index (χ4v) is 3.42. The zero-order valence-corrected chi connectivity index (χ0v) is 17.6. The van der Waals surface area contributed by atoms with Crippen LogP contribution in [0.15, 0.2) is 24.4 Å². The van der Waals surface area contributed by atoms with Crippen molar-refractivity contribution in [3.8, 4) is 0 Å². The van der Waals surface area contributed by atoms with Crippen LogP contribution in [-0.2, 0) is 25.6 Å². The van der Waals surface area contributed by atoms with Gasteiger partial charge < -0.3 is 19.5 Å². The molecule has 3 heterocycles. The van der Waals surface area contributed by atoms with Crippen LogP contribution < -0.4 is 0 Å². The molecule has 2 saturated heterocycles. The molecule has 1 atom stereocenters. The number of aromatic nitrogens is 1. The van der Waals surface area contributed by atoms with E-state index >= 15 is 0 Å². The molecule has 0 aliphatic carbocycles. The first-order valence-electron chi connectivity index (χ1n) is 9.89. The van der Waals surface area contributed by atoms with E-state index in [2.05, 4.69) is 16.0 Å². The van der Waals surface area contributed by atoms with Gasteiger partial charge >= 0.3 is 12.1 Å². The van der Waals surface area contributed by atoms with Gasteiger partial charge in [-0.3, -0.25) is 14.7 Å². The predicted molar refractivity (Wildman–Crippen MR) is 104 cm³/mol. The fraction of sp³-hybridized carbons (Fsp3) is 0.650. The minimum absolute atomic E-state index is 0.00105. The molecule has 1 aromatic rings. The third-order valence-corrected chi connectivity index (χ3v) is 5.24. The largest absolute Gasteiger partial charge is 0.490 e. The summed E-state index contributed by atoms with van der Waals surface area (Å²) in [6, 6.07) is 6.05. The summed E-state index contributed by atoms with van der Waals surface area (Å²) in [5, 5.41) is 7.12. The molecular formula is C20H28F3N3O5. The van der Waals surface area contributed by atoms with E-state index in [-0.39, 0.29) is 24.2 Å². The van der Waals surface area contributed by atoms with Crippen LogP contribution in [-0.4, -0.2) is 90.0 Å². The monoisotopic (exact) mass is 447 g/mol. The molecule has 2 aliphatic heterocycles. The molecule has 11 heteroatoms. The third kappa shape index (κ3) is 8.08. The maximum atomic E-state index is 11.6. The molecule has 0 radical (unpaired) electrons. The first-order valence-corrected chi connectivity index (χ1v) is 9.89. The lowest BCUT2D eigenvalue weighted by atomic mass is 9.88. The number of hydrogen-bond acceptors (Lipinski definition) is 6. The zero-order chi connectivity index (χ0) is 23.1. The number of carbonyl (C=O) groups is 2. The minimum atomic E-state index is -5.08. The van der Waals surface area contributed by atoms with E-state index in [1.807, 2.05) is 18.3 Å². The molecule has 1 unspecified atom stereocenters. The van der Waals surface area contributed by atoms with E-state index in [1.165, 1.54) is 0 Å². The van der Waals surface area contributed by atoms with Crippen molar-refractivity contribution in [2.24, 2.45) is 0 Å². The Kier molecular flexibility index (Phi) is 8.78. The van der Waals surface area contributed by atoms with E-state index in [9.17, 15) is 18.0 Å². The number of carbonyl (C=O) groups excluding carboxylic acids is 1. The van der Waals surface area contributed by atoms with Crippen molar-refractivity contribution in [3.63, 3.8) is 0 Å². The molecular weight excluding hydrogens is 419 g/mol. The topological polar surface area (TPSA) is 92.2 Å². The summed E-state index contributed by atoms with van der Waals surface area (Å²) in [5.41, 5.74) is 1.05. The summed E-state index contributed by atoms with van der Waals surface area (Å²) in [7, 11) is 3.49. The molecule has 8 nitrogen and oxygen atoms in total. The average Bonchev–Trinajstić information content (AvgIpc) is 3.11. The second-order valence-corrected chi connectivity index (χ2v) is 7.82. The van der Waals surface area contributed by atoms with Crippen molar-refractivity contribution in [1.29, 1.82) is 0 Å². The van der Waals surface area contributed by atoms with Crippen LogP contribution in [0.1, 0.15) is 25.0 Å². The standard InChI is InChI=1S/C18H27N3O3.C2HF3O2/c1-20(2)17(22)14-23-16-11-18(24-13-16)6-9-21(10-7-18)12-15-5-3-4-8-19-15;3-2(4,5)1(6)7/h3-5,8,16H,6-7,9-14H2,1-2H3;(H,6,7). The van der Waals surface area contributed by atoms with Gasteiger partial charge in [-0.25, -0.2) is 4.79 Å². The SMILES string of the molecule is CN(C)C(=O)COC1COC2(CCN(Cc3ccccn3)CC2)C1.O=C(O)C(F)(F)F. The van der Waals surface area contributed by atoms with E-state index < -0.39 is 12.1 Å². The van der Waals surface area contributed by atoms with Crippen molar-refractivity contribution in [2.45, 2.75) is 43.7 Å². The molecule has 1 N–H and O–H groups in total. The van der Waals surface area contributed by atoms with Crippen LogP contribution in [0.25, 0.3) is 0 Å². The molecule has 31 heavy (non-hydrogen) atoms. The highest BCUT2D eigenvalue weighted by Crippen LogP contribution is 2.37. The van der Waals surface area contributed by atoms with Gasteiger partial charge in [-0.1, -0.05) is 6.07 Å². The number of hydrogen-bond donors (Lipinski definition) is 1. The van der Waals surface area contributed by atoms with Crippen molar-refractivity contribution >= 4 is 11.9 Å². The summed E-state index contributed by atoms with van der Waals surface area (Å²) >= 11 is 0. The quantitative estimate of drug-likeness (QED) is 0.738. The number of piperidine rings is 1. The minimum Gasteiger partial charge on any atom is -0.475 e. The number of nitrogens with zero attached hydrogens (tertiary/aromatic N) is 3. The maximum Gasteiger partial charge on any atom is 0.490 e. The number of alkyl halides is 3. The zero-order valence-electron chi connectivity index (χ0n) is 17.6. The number of ether oxygens (including phenoxy) is 2. The summed E-state index contributed by atoms with van der Waals surface area (Å²) in [6.07, 6.45) is -0.276. The molecule has 3 rings (SSSR count). The summed E-state index contributed by atoms with van der Waals surface area (Å²) in [5.74, 6) is -2.76. The second-order valence-electron chi connectivity index (χ2n) is 7.82. The Labute approximate surface area is 178 Å². The van der Waals surface area contributed by atoms with E-state index in [1.54, 1.807) is 19.0 Å². The molecule has 2 fully saturated rings. The predicted octanol–water partition coefficient (Wildman–Crippen LogP) is 1.94. The average molecular weight is 447 g/mol. The number of carboxylic acids is 1. The fourth-order valence-electron chi connectivity index (χ4n) is 3.42. The number of likely N-dealkylation sites (N-methyl/N-ethyl adjacent to an activating group) is 1. The number of carboxylic acid groups (broad SMARTS) is 1. The number of likely N-dealkylation sites (tertiary alicyclic amines) is 1. The smallest absolute Gasteiger partial charge is 0.475 e. The second kappa shape index (κ2) is 10.9. The van der Waals surface area contributed by atoms with Crippen molar-refractivity contribution < 1.29 is 37.3 Å². The number of halogens is 3. The number of aliphatic carboxylic acids is 1. The van der Waals surface area contributed by atoms with E-state index in [0.29, 0.717) is 6.61 Å².